The predicted molar refractivity (Wildman–Crippen MR) is 51.5 cm³/mol. The molecule has 13 heavy (non-hydrogen) atoms. The van der Waals surface area contributed by atoms with Crippen molar-refractivity contribution >= 4 is 0 Å². The molecule has 1 heterocycles. The molecule has 0 bridgehead atoms. The fourth-order valence-corrected chi connectivity index (χ4v) is 2.35. The monoisotopic (exact) mass is 184 g/mol. The molecule has 1 N–H and O–H groups in total. The van der Waals surface area contributed by atoms with Crippen molar-refractivity contribution in [3.63, 3.8) is 0 Å². The van der Waals surface area contributed by atoms with Crippen LogP contribution in [0.1, 0.15) is 39.0 Å². The zero-order chi connectivity index (χ0) is 9.26. The second-order valence-electron chi connectivity index (χ2n) is 4.47. The molecule has 2 heteroatoms. The van der Waals surface area contributed by atoms with E-state index in [-0.39, 0.29) is 0 Å². The van der Waals surface area contributed by atoms with Gasteiger partial charge in [0.25, 0.3) is 0 Å². The molecule has 0 aromatic carbocycles. The van der Waals surface area contributed by atoms with E-state index in [0.717, 1.165) is 18.3 Å². The summed E-state index contributed by atoms with van der Waals surface area (Å²) in [6.45, 7) is 2.56. The van der Waals surface area contributed by atoms with Crippen molar-refractivity contribution in [3.05, 3.63) is 0 Å². The first kappa shape index (κ1) is 9.47. The van der Waals surface area contributed by atoms with E-state index in [2.05, 4.69) is 6.92 Å². The van der Waals surface area contributed by atoms with Crippen molar-refractivity contribution in [2.75, 3.05) is 6.61 Å². The van der Waals surface area contributed by atoms with Gasteiger partial charge >= 0.3 is 0 Å². The molecule has 76 valence electrons. The van der Waals surface area contributed by atoms with Gasteiger partial charge in [-0.2, -0.15) is 0 Å². The maximum absolute atomic E-state index is 8.74. The van der Waals surface area contributed by atoms with Crippen LogP contribution in [0.2, 0.25) is 0 Å². The summed E-state index contributed by atoms with van der Waals surface area (Å²) in [5.41, 5.74) is 0. The van der Waals surface area contributed by atoms with Crippen LogP contribution in [0.4, 0.5) is 0 Å². The first-order chi connectivity index (χ1) is 6.35. The summed E-state index contributed by atoms with van der Waals surface area (Å²) in [7, 11) is 0. The number of epoxide rings is 1. The van der Waals surface area contributed by atoms with Gasteiger partial charge in [-0.3, -0.25) is 0 Å². The molecular weight excluding hydrogens is 164 g/mol. The van der Waals surface area contributed by atoms with Gasteiger partial charge in [-0.15, -0.1) is 0 Å². The quantitative estimate of drug-likeness (QED) is 0.640. The Hall–Kier alpha value is -0.0800. The Bertz CT molecular complexity index is 169. The second-order valence-corrected chi connectivity index (χ2v) is 4.47. The van der Waals surface area contributed by atoms with E-state index in [0.29, 0.717) is 18.8 Å². The molecule has 4 atom stereocenters. The summed E-state index contributed by atoms with van der Waals surface area (Å²) >= 11 is 0. The zero-order valence-corrected chi connectivity index (χ0v) is 8.41. The maximum atomic E-state index is 8.74. The summed E-state index contributed by atoms with van der Waals surface area (Å²) < 4.78 is 5.49. The summed E-state index contributed by atoms with van der Waals surface area (Å²) in [4.78, 5) is 0. The summed E-state index contributed by atoms with van der Waals surface area (Å²) in [5.74, 6) is 1.75. The van der Waals surface area contributed by atoms with Gasteiger partial charge in [-0.25, -0.2) is 0 Å². The lowest BCUT2D eigenvalue weighted by atomic mass is 10.1. The third kappa shape index (κ3) is 2.44. The summed E-state index contributed by atoms with van der Waals surface area (Å²) in [6, 6.07) is 0. The van der Waals surface area contributed by atoms with Gasteiger partial charge in [0.1, 0.15) is 0 Å². The van der Waals surface area contributed by atoms with Crippen LogP contribution in [0.25, 0.3) is 0 Å². The van der Waals surface area contributed by atoms with E-state index in [4.69, 9.17) is 9.84 Å². The van der Waals surface area contributed by atoms with E-state index in [1.807, 2.05) is 0 Å². The number of hydrogen-bond acceptors (Lipinski definition) is 2. The highest BCUT2D eigenvalue weighted by Crippen LogP contribution is 2.45. The third-order valence-electron chi connectivity index (χ3n) is 3.48. The predicted octanol–water partition coefficient (Wildman–Crippen LogP) is 1.96. The van der Waals surface area contributed by atoms with E-state index in [1.165, 1.54) is 25.7 Å². The van der Waals surface area contributed by atoms with Crippen molar-refractivity contribution in [2.24, 2.45) is 11.8 Å². The van der Waals surface area contributed by atoms with Crippen LogP contribution >= 0.6 is 0 Å². The van der Waals surface area contributed by atoms with Gasteiger partial charge in [0, 0.05) is 6.61 Å². The fourth-order valence-electron chi connectivity index (χ4n) is 2.35. The molecule has 4 unspecified atom stereocenters. The molecular formula is C11H20O2. The van der Waals surface area contributed by atoms with Crippen LogP contribution in [0.5, 0.6) is 0 Å². The normalized spacial score (nSPS) is 42.0. The lowest BCUT2D eigenvalue weighted by Crippen LogP contribution is -1.94. The highest BCUT2D eigenvalue weighted by atomic mass is 16.6. The van der Waals surface area contributed by atoms with Crippen LogP contribution in [0.15, 0.2) is 0 Å². The molecule has 2 rings (SSSR count). The van der Waals surface area contributed by atoms with E-state index in [9.17, 15) is 0 Å². The van der Waals surface area contributed by atoms with Gasteiger partial charge in [0.05, 0.1) is 12.2 Å². The van der Waals surface area contributed by atoms with Crippen LogP contribution in [-0.4, -0.2) is 23.9 Å². The van der Waals surface area contributed by atoms with Crippen molar-refractivity contribution < 1.29 is 9.84 Å². The average Bonchev–Trinajstić information content (AvgIpc) is 2.96. The minimum atomic E-state index is 0.374. The van der Waals surface area contributed by atoms with Gasteiger partial charge < -0.3 is 9.84 Å². The fraction of sp³-hybridized carbons (Fsp3) is 1.00. The average molecular weight is 184 g/mol. The first-order valence-corrected chi connectivity index (χ1v) is 5.61. The Morgan fingerprint density at radius 2 is 1.92 bits per heavy atom. The number of ether oxygens (including phenoxy) is 1. The van der Waals surface area contributed by atoms with Gasteiger partial charge in [-0.1, -0.05) is 6.92 Å². The first-order valence-electron chi connectivity index (χ1n) is 5.61. The van der Waals surface area contributed by atoms with Crippen LogP contribution in [0, 0.1) is 11.8 Å². The Balaban J connectivity index is 1.51. The Kier molecular flexibility index (Phi) is 2.89. The molecule has 0 radical (unpaired) electrons. The van der Waals surface area contributed by atoms with Crippen LogP contribution in [-0.2, 0) is 4.74 Å². The number of aliphatic hydroxyl groups excluding tert-OH is 1. The Morgan fingerprint density at radius 1 is 1.15 bits per heavy atom. The molecule has 2 aliphatic rings. The molecule has 2 nitrogen and oxygen atoms in total. The lowest BCUT2D eigenvalue weighted by molar-refractivity contribution is 0.275. The zero-order valence-electron chi connectivity index (χ0n) is 8.41. The molecule has 0 spiro atoms. The second kappa shape index (κ2) is 3.97. The maximum Gasteiger partial charge on any atom is 0.0841 e. The lowest BCUT2D eigenvalue weighted by Gasteiger charge is -1.96. The smallest absolute Gasteiger partial charge is 0.0841 e. The van der Waals surface area contributed by atoms with Gasteiger partial charge in [0.2, 0.25) is 0 Å². The van der Waals surface area contributed by atoms with E-state index in [1.54, 1.807) is 0 Å². The molecule has 0 aromatic rings. The molecule has 1 aliphatic heterocycles. The topological polar surface area (TPSA) is 32.8 Å². The van der Waals surface area contributed by atoms with E-state index >= 15 is 0 Å². The minimum Gasteiger partial charge on any atom is -0.396 e. The van der Waals surface area contributed by atoms with Crippen LogP contribution < -0.4 is 0 Å². The molecule has 0 aromatic heterocycles. The van der Waals surface area contributed by atoms with Gasteiger partial charge in [-0.05, 0) is 43.9 Å². The molecule has 0 amide bonds. The van der Waals surface area contributed by atoms with Crippen LogP contribution in [0.3, 0.4) is 0 Å². The van der Waals surface area contributed by atoms with Crippen molar-refractivity contribution in [3.8, 4) is 0 Å². The van der Waals surface area contributed by atoms with Crippen molar-refractivity contribution in [1.29, 1.82) is 0 Å². The highest BCUT2D eigenvalue weighted by molar-refractivity contribution is 4.90. The Labute approximate surface area is 80.3 Å². The largest absolute Gasteiger partial charge is 0.396 e. The van der Waals surface area contributed by atoms with E-state index < -0.39 is 0 Å². The SMILES string of the molecule is CCC1OC1CCC1CC1CCO. The molecule has 2 fully saturated rings. The van der Waals surface area contributed by atoms with Gasteiger partial charge in [0.15, 0.2) is 0 Å². The van der Waals surface area contributed by atoms with Crippen molar-refractivity contribution in [1.82, 2.24) is 0 Å². The summed E-state index contributed by atoms with van der Waals surface area (Å²) in [5, 5.41) is 8.74. The standard InChI is InChI=1S/C11H20O2/c1-2-10-11(13-10)4-3-8-7-9(8)5-6-12/h8-12H,2-7H2,1H3. The summed E-state index contributed by atoms with van der Waals surface area (Å²) in [6.07, 6.45) is 7.29. The molecule has 1 saturated heterocycles. The number of aliphatic hydroxyl groups is 1. The molecule has 1 saturated carbocycles. The minimum absolute atomic E-state index is 0.374. The number of rotatable bonds is 6. The Morgan fingerprint density at radius 3 is 2.54 bits per heavy atom. The number of hydrogen-bond donors (Lipinski definition) is 1. The highest BCUT2D eigenvalue weighted by Gasteiger charge is 2.41. The molecule has 1 aliphatic carbocycles. The third-order valence-corrected chi connectivity index (χ3v) is 3.48. The van der Waals surface area contributed by atoms with Crippen molar-refractivity contribution in [2.45, 2.75) is 51.2 Å².